The van der Waals surface area contributed by atoms with Crippen LogP contribution < -0.4 is 0 Å². The zero-order chi connectivity index (χ0) is 13.7. The Kier molecular flexibility index (Phi) is 2.77. The Morgan fingerprint density at radius 2 is 2.05 bits per heavy atom. The van der Waals surface area contributed by atoms with Gasteiger partial charge in [-0.2, -0.15) is 0 Å². The third kappa shape index (κ3) is 1.99. The minimum absolute atomic E-state index is 0.164. The molecule has 1 fully saturated rings. The van der Waals surface area contributed by atoms with Gasteiger partial charge in [0.15, 0.2) is 0 Å². The van der Waals surface area contributed by atoms with E-state index < -0.39 is 0 Å². The van der Waals surface area contributed by atoms with Crippen LogP contribution in [0.2, 0.25) is 0 Å². The van der Waals surface area contributed by atoms with E-state index in [1.165, 1.54) is 12.8 Å². The van der Waals surface area contributed by atoms with Crippen molar-refractivity contribution in [2.24, 2.45) is 0 Å². The summed E-state index contributed by atoms with van der Waals surface area (Å²) in [5, 5.41) is 0. The van der Waals surface area contributed by atoms with Crippen LogP contribution in [0.3, 0.4) is 0 Å². The number of allylic oxidation sites excluding steroid dienone is 1. The van der Waals surface area contributed by atoms with Gasteiger partial charge in [-0.25, -0.2) is 4.98 Å². The van der Waals surface area contributed by atoms with Crippen LogP contribution in [0.1, 0.15) is 60.7 Å². The fourth-order valence-corrected chi connectivity index (χ4v) is 2.84. The van der Waals surface area contributed by atoms with Gasteiger partial charge in [-0.3, -0.25) is 4.79 Å². The first-order chi connectivity index (χ1) is 8.99. The molecule has 0 amide bonds. The molecule has 4 nitrogen and oxygen atoms in total. The molecule has 0 bridgehead atoms. The van der Waals surface area contributed by atoms with Crippen LogP contribution in [0.25, 0.3) is 0 Å². The number of carbonyl (C=O) groups is 1. The van der Waals surface area contributed by atoms with E-state index in [4.69, 9.17) is 4.98 Å². The third-order valence-electron chi connectivity index (χ3n) is 3.75. The Morgan fingerprint density at radius 1 is 1.37 bits per heavy atom. The lowest BCUT2D eigenvalue weighted by molar-refractivity contribution is 0.102. The molecular formula is C15H21N3O. The van der Waals surface area contributed by atoms with Gasteiger partial charge in [0.2, 0.25) is 5.78 Å². The summed E-state index contributed by atoms with van der Waals surface area (Å²) in [6, 6.07) is 0.300. The summed E-state index contributed by atoms with van der Waals surface area (Å²) < 4.78 is 2.17. The Balaban J connectivity index is 2.06. The molecule has 0 unspecified atom stereocenters. The lowest BCUT2D eigenvalue weighted by Gasteiger charge is -2.14. The van der Waals surface area contributed by atoms with Crippen LogP contribution in [-0.2, 0) is 6.42 Å². The SMILES string of the molecule is CC(C)n1c(C2CC2)nc2c1C(=O)/C(=C/N(C)C)C2. The summed E-state index contributed by atoms with van der Waals surface area (Å²) in [7, 11) is 3.89. The topological polar surface area (TPSA) is 38.1 Å². The molecule has 0 saturated heterocycles. The number of rotatable bonds is 3. The van der Waals surface area contributed by atoms with Crippen molar-refractivity contribution < 1.29 is 4.79 Å². The van der Waals surface area contributed by atoms with Gasteiger partial charge in [-0.1, -0.05) is 0 Å². The Hall–Kier alpha value is -1.58. The second-order valence-corrected chi connectivity index (χ2v) is 6.13. The van der Waals surface area contributed by atoms with Crippen LogP contribution in [-0.4, -0.2) is 34.3 Å². The quantitative estimate of drug-likeness (QED) is 0.783. The van der Waals surface area contributed by atoms with Crippen molar-refractivity contribution in [1.82, 2.24) is 14.5 Å². The largest absolute Gasteiger partial charge is 0.383 e. The van der Waals surface area contributed by atoms with Gasteiger partial charge in [0.1, 0.15) is 11.5 Å². The molecular weight excluding hydrogens is 238 g/mol. The van der Waals surface area contributed by atoms with Crippen molar-refractivity contribution in [3.63, 3.8) is 0 Å². The summed E-state index contributed by atoms with van der Waals surface area (Å²) in [5.41, 5.74) is 2.68. The second-order valence-electron chi connectivity index (χ2n) is 6.13. The number of hydrogen-bond acceptors (Lipinski definition) is 3. The number of imidazole rings is 1. The molecule has 19 heavy (non-hydrogen) atoms. The summed E-state index contributed by atoms with van der Waals surface area (Å²) in [6.07, 6.45) is 5.05. The van der Waals surface area contributed by atoms with Gasteiger partial charge in [0.25, 0.3) is 0 Å². The van der Waals surface area contributed by atoms with Crippen molar-refractivity contribution in [1.29, 1.82) is 0 Å². The maximum atomic E-state index is 12.6. The standard InChI is InChI=1S/C15H21N3O/c1-9(2)18-13-12(16-15(18)10-5-6-10)7-11(14(13)19)8-17(3)4/h8-10H,5-7H2,1-4H3/b11-8+. The van der Waals surface area contributed by atoms with E-state index in [0.717, 1.165) is 22.8 Å². The van der Waals surface area contributed by atoms with Crippen LogP contribution >= 0.6 is 0 Å². The monoisotopic (exact) mass is 259 g/mol. The first-order valence-electron chi connectivity index (χ1n) is 7.02. The van der Waals surface area contributed by atoms with Gasteiger partial charge in [-0.15, -0.1) is 0 Å². The van der Waals surface area contributed by atoms with Crippen molar-refractivity contribution >= 4 is 5.78 Å². The number of ketones is 1. The van der Waals surface area contributed by atoms with Gasteiger partial charge in [0, 0.05) is 44.2 Å². The average Bonchev–Trinajstić information content (AvgIpc) is 3.02. The van der Waals surface area contributed by atoms with E-state index in [-0.39, 0.29) is 5.78 Å². The van der Waals surface area contributed by atoms with E-state index in [2.05, 4.69) is 18.4 Å². The van der Waals surface area contributed by atoms with Crippen LogP contribution in [0, 0.1) is 0 Å². The molecule has 0 atom stereocenters. The Bertz CT molecular complexity index is 562. The average molecular weight is 259 g/mol. The predicted molar refractivity (Wildman–Crippen MR) is 74.4 cm³/mol. The molecule has 2 aliphatic carbocycles. The molecule has 0 aromatic carbocycles. The smallest absolute Gasteiger partial charge is 0.209 e. The normalized spacial score (nSPS) is 20.5. The van der Waals surface area contributed by atoms with Crippen molar-refractivity contribution in [3.05, 3.63) is 29.0 Å². The van der Waals surface area contributed by atoms with Gasteiger partial charge in [-0.05, 0) is 26.7 Å². The van der Waals surface area contributed by atoms with Gasteiger partial charge < -0.3 is 9.47 Å². The van der Waals surface area contributed by atoms with E-state index >= 15 is 0 Å². The zero-order valence-electron chi connectivity index (χ0n) is 12.1. The molecule has 2 aliphatic rings. The third-order valence-corrected chi connectivity index (χ3v) is 3.75. The van der Waals surface area contributed by atoms with E-state index in [0.29, 0.717) is 18.4 Å². The molecule has 0 radical (unpaired) electrons. The molecule has 3 rings (SSSR count). The van der Waals surface area contributed by atoms with Crippen LogP contribution in [0.15, 0.2) is 11.8 Å². The lowest BCUT2D eigenvalue weighted by Crippen LogP contribution is -2.14. The molecule has 0 N–H and O–H groups in total. The van der Waals surface area contributed by atoms with Crippen LogP contribution in [0.5, 0.6) is 0 Å². The lowest BCUT2D eigenvalue weighted by atomic mass is 10.2. The maximum Gasteiger partial charge on any atom is 0.209 e. The molecule has 0 spiro atoms. The minimum atomic E-state index is 0.164. The van der Waals surface area contributed by atoms with E-state index in [9.17, 15) is 4.79 Å². The van der Waals surface area contributed by atoms with E-state index in [1.807, 2.05) is 25.2 Å². The van der Waals surface area contributed by atoms with Gasteiger partial charge >= 0.3 is 0 Å². The summed E-state index contributed by atoms with van der Waals surface area (Å²) >= 11 is 0. The fraction of sp³-hybridized carbons (Fsp3) is 0.600. The maximum absolute atomic E-state index is 12.6. The number of Topliss-reactive ketones (excluding diaryl/α,β-unsaturated/α-hetero) is 1. The molecule has 4 heteroatoms. The molecule has 102 valence electrons. The number of aromatic nitrogens is 2. The zero-order valence-corrected chi connectivity index (χ0v) is 12.1. The summed E-state index contributed by atoms with van der Waals surface area (Å²) in [4.78, 5) is 19.3. The molecule has 1 heterocycles. The summed E-state index contributed by atoms with van der Waals surface area (Å²) in [6.45, 7) is 4.27. The number of fused-ring (bicyclic) bond motifs is 1. The minimum Gasteiger partial charge on any atom is -0.383 e. The first kappa shape index (κ1) is 12.5. The van der Waals surface area contributed by atoms with E-state index in [1.54, 1.807) is 0 Å². The van der Waals surface area contributed by atoms with Crippen molar-refractivity contribution in [3.8, 4) is 0 Å². The highest BCUT2D eigenvalue weighted by Crippen LogP contribution is 2.43. The highest BCUT2D eigenvalue weighted by atomic mass is 16.1. The van der Waals surface area contributed by atoms with Gasteiger partial charge in [0.05, 0.1) is 5.69 Å². The van der Waals surface area contributed by atoms with Crippen molar-refractivity contribution in [2.45, 2.75) is 45.1 Å². The molecule has 1 aromatic rings. The molecule has 0 aliphatic heterocycles. The number of hydrogen-bond donors (Lipinski definition) is 0. The number of carbonyl (C=O) groups excluding carboxylic acids is 1. The Morgan fingerprint density at radius 3 is 2.58 bits per heavy atom. The highest BCUT2D eigenvalue weighted by Gasteiger charge is 2.37. The molecule has 1 aromatic heterocycles. The number of nitrogens with zero attached hydrogens (tertiary/aromatic N) is 3. The summed E-state index contributed by atoms with van der Waals surface area (Å²) in [5.74, 6) is 1.89. The predicted octanol–water partition coefficient (Wildman–Crippen LogP) is 2.53. The molecule has 1 saturated carbocycles. The Labute approximate surface area is 114 Å². The highest BCUT2D eigenvalue weighted by molar-refractivity contribution is 6.11. The van der Waals surface area contributed by atoms with Crippen molar-refractivity contribution in [2.75, 3.05) is 14.1 Å². The second kappa shape index (κ2) is 4.22. The fourth-order valence-electron chi connectivity index (χ4n) is 2.84. The van der Waals surface area contributed by atoms with Crippen LogP contribution in [0.4, 0.5) is 0 Å². The first-order valence-corrected chi connectivity index (χ1v) is 7.02.